The third-order valence-electron chi connectivity index (χ3n) is 4.15. The van der Waals surface area contributed by atoms with E-state index >= 15 is 0 Å². The average molecular weight is 335 g/mol. The summed E-state index contributed by atoms with van der Waals surface area (Å²) in [5.41, 5.74) is 5.86. The van der Waals surface area contributed by atoms with Crippen molar-refractivity contribution in [1.82, 2.24) is 5.43 Å². The first-order chi connectivity index (χ1) is 9.78. The molecule has 1 aliphatic carbocycles. The van der Waals surface area contributed by atoms with E-state index in [9.17, 15) is 0 Å². The molecule has 0 spiro atoms. The average Bonchev–Trinajstić information content (AvgIpc) is 2.91. The van der Waals surface area contributed by atoms with E-state index in [1.165, 1.54) is 30.4 Å². The van der Waals surface area contributed by atoms with Crippen LogP contribution in [-0.2, 0) is 6.42 Å². The highest BCUT2D eigenvalue weighted by atomic mass is 79.9. The molecule has 1 heterocycles. The summed E-state index contributed by atoms with van der Waals surface area (Å²) in [5, 5.41) is 0. The molecule has 3 nitrogen and oxygen atoms in total. The van der Waals surface area contributed by atoms with Crippen LogP contribution in [0.2, 0.25) is 0 Å². The molecule has 0 aliphatic heterocycles. The lowest BCUT2D eigenvalue weighted by Gasteiger charge is -2.28. The number of hydrogen-bond acceptors (Lipinski definition) is 3. The quantitative estimate of drug-likeness (QED) is 0.654. The summed E-state index contributed by atoms with van der Waals surface area (Å²) in [5.74, 6) is 7.16. The zero-order chi connectivity index (χ0) is 13.9. The van der Waals surface area contributed by atoms with Crippen molar-refractivity contribution in [2.24, 2.45) is 5.84 Å². The summed E-state index contributed by atoms with van der Waals surface area (Å²) in [6.07, 6.45) is 4.63. The van der Waals surface area contributed by atoms with E-state index in [0.717, 1.165) is 16.9 Å². The number of fused-ring (bicyclic) bond motifs is 1. The Kier molecular flexibility index (Phi) is 4.24. The van der Waals surface area contributed by atoms with Gasteiger partial charge in [-0.3, -0.25) is 5.84 Å². The first-order valence-corrected chi connectivity index (χ1v) is 7.86. The molecular weight excluding hydrogens is 316 g/mol. The molecule has 0 bridgehead atoms. The molecule has 0 saturated carbocycles. The Morgan fingerprint density at radius 2 is 2.15 bits per heavy atom. The zero-order valence-electron chi connectivity index (χ0n) is 11.3. The fourth-order valence-corrected chi connectivity index (χ4v) is 3.48. The number of nitrogens with one attached hydrogen (secondary N) is 1. The molecule has 2 aromatic rings. The van der Waals surface area contributed by atoms with E-state index in [0.29, 0.717) is 5.92 Å². The van der Waals surface area contributed by atoms with Crippen LogP contribution in [0.25, 0.3) is 0 Å². The van der Waals surface area contributed by atoms with E-state index in [-0.39, 0.29) is 6.04 Å². The van der Waals surface area contributed by atoms with Crippen LogP contribution in [0.3, 0.4) is 0 Å². The minimum atomic E-state index is 0.0532. The number of benzene rings is 1. The number of hydrogen-bond donors (Lipinski definition) is 2. The van der Waals surface area contributed by atoms with Gasteiger partial charge >= 0.3 is 0 Å². The van der Waals surface area contributed by atoms with E-state index in [1.54, 1.807) is 0 Å². The Hall–Kier alpha value is -1.10. The second-order valence-electron chi connectivity index (χ2n) is 5.38. The van der Waals surface area contributed by atoms with Crippen LogP contribution in [-0.4, -0.2) is 0 Å². The largest absolute Gasteiger partial charge is 0.453 e. The van der Waals surface area contributed by atoms with Crippen molar-refractivity contribution in [3.63, 3.8) is 0 Å². The van der Waals surface area contributed by atoms with Crippen molar-refractivity contribution in [3.8, 4) is 0 Å². The van der Waals surface area contributed by atoms with Crippen LogP contribution >= 0.6 is 15.9 Å². The first kappa shape index (κ1) is 13.9. The van der Waals surface area contributed by atoms with Gasteiger partial charge in [-0.15, -0.1) is 0 Å². The molecule has 0 radical (unpaired) electrons. The number of aryl methyl sites for hydroxylation is 1. The van der Waals surface area contributed by atoms with Gasteiger partial charge in [0.15, 0.2) is 4.67 Å². The minimum absolute atomic E-state index is 0.0532. The van der Waals surface area contributed by atoms with Crippen molar-refractivity contribution in [3.05, 3.63) is 58.0 Å². The van der Waals surface area contributed by atoms with Crippen molar-refractivity contribution in [1.29, 1.82) is 0 Å². The molecule has 106 valence electrons. The SMILES string of the molecule is NNC(CC1CCCc2ccccc21)c1ccc(Br)o1. The maximum absolute atomic E-state index is 5.73. The summed E-state index contributed by atoms with van der Waals surface area (Å²) in [6, 6.07) is 12.7. The molecule has 0 saturated heterocycles. The van der Waals surface area contributed by atoms with Crippen molar-refractivity contribution in [2.45, 2.75) is 37.6 Å². The third-order valence-corrected chi connectivity index (χ3v) is 4.58. The van der Waals surface area contributed by atoms with Crippen molar-refractivity contribution >= 4 is 15.9 Å². The molecule has 0 fully saturated rings. The highest BCUT2D eigenvalue weighted by molar-refractivity contribution is 9.10. The summed E-state index contributed by atoms with van der Waals surface area (Å²) in [4.78, 5) is 0. The predicted octanol–water partition coefficient (Wildman–Crippen LogP) is 4.06. The Labute approximate surface area is 127 Å². The maximum atomic E-state index is 5.73. The van der Waals surface area contributed by atoms with E-state index < -0.39 is 0 Å². The second kappa shape index (κ2) is 6.12. The van der Waals surface area contributed by atoms with Gasteiger partial charge < -0.3 is 4.42 Å². The Balaban J connectivity index is 1.80. The normalized spacial score (nSPS) is 19.6. The highest BCUT2D eigenvalue weighted by Crippen LogP contribution is 2.38. The number of nitrogens with two attached hydrogens (primary N) is 1. The molecule has 3 rings (SSSR count). The number of halogens is 1. The van der Waals surface area contributed by atoms with Gasteiger partial charge in [-0.1, -0.05) is 24.3 Å². The maximum Gasteiger partial charge on any atom is 0.169 e. The number of furan rings is 1. The van der Waals surface area contributed by atoms with Gasteiger partial charge in [0.05, 0.1) is 6.04 Å². The molecule has 3 N–H and O–H groups in total. The molecule has 0 amide bonds. The van der Waals surface area contributed by atoms with Gasteiger partial charge in [-0.2, -0.15) is 0 Å². The molecule has 2 unspecified atom stereocenters. The van der Waals surface area contributed by atoms with Gasteiger partial charge in [0, 0.05) is 0 Å². The third kappa shape index (κ3) is 2.82. The van der Waals surface area contributed by atoms with E-state index in [2.05, 4.69) is 45.6 Å². The highest BCUT2D eigenvalue weighted by Gasteiger charge is 2.25. The van der Waals surface area contributed by atoms with Gasteiger partial charge in [-0.25, -0.2) is 5.43 Å². The molecule has 1 aromatic carbocycles. The van der Waals surface area contributed by atoms with Gasteiger partial charge in [0.1, 0.15) is 5.76 Å². The van der Waals surface area contributed by atoms with Crippen LogP contribution in [0, 0.1) is 0 Å². The molecule has 20 heavy (non-hydrogen) atoms. The van der Waals surface area contributed by atoms with Crippen LogP contribution in [0.5, 0.6) is 0 Å². The Morgan fingerprint density at radius 1 is 1.30 bits per heavy atom. The Morgan fingerprint density at radius 3 is 2.90 bits per heavy atom. The number of rotatable bonds is 4. The minimum Gasteiger partial charge on any atom is -0.453 e. The fraction of sp³-hybridized carbons (Fsp3) is 0.375. The lowest BCUT2D eigenvalue weighted by molar-refractivity contribution is 0.357. The van der Waals surface area contributed by atoms with Crippen LogP contribution in [0.4, 0.5) is 0 Å². The fourth-order valence-electron chi connectivity index (χ4n) is 3.17. The smallest absolute Gasteiger partial charge is 0.169 e. The van der Waals surface area contributed by atoms with Crippen LogP contribution in [0.15, 0.2) is 45.5 Å². The van der Waals surface area contributed by atoms with Gasteiger partial charge in [-0.05, 0) is 70.8 Å². The van der Waals surface area contributed by atoms with Crippen molar-refractivity contribution < 1.29 is 4.42 Å². The molecule has 4 heteroatoms. The standard InChI is InChI=1S/C16H19BrN2O/c17-16-9-8-15(20-16)14(19-18)10-12-6-3-5-11-4-1-2-7-13(11)12/h1-2,4,7-9,12,14,19H,3,5-6,10,18H2. The lowest BCUT2D eigenvalue weighted by Crippen LogP contribution is -2.29. The van der Waals surface area contributed by atoms with Gasteiger partial charge in [0.25, 0.3) is 0 Å². The zero-order valence-corrected chi connectivity index (χ0v) is 12.9. The molecule has 2 atom stereocenters. The number of hydrazine groups is 1. The molecule has 1 aromatic heterocycles. The summed E-state index contributed by atoms with van der Waals surface area (Å²) < 4.78 is 6.39. The first-order valence-electron chi connectivity index (χ1n) is 7.07. The van der Waals surface area contributed by atoms with Crippen LogP contribution < -0.4 is 11.3 Å². The summed E-state index contributed by atoms with van der Waals surface area (Å²) in [6.45, 7) is 0. The predicted molar refractivity (Wildman–Crippen MR) is 83.2 cm³/mol. The van der Waals surface area contributed by atoms with Gasteiger partial charge in [0.2, 0.25) is 0 Å². The van der Waals surface area contributed by atoms with E-state index in [1.807, 2.05) is 12.1 Å². The van der Waals surface area contributed by atoms with Crippen LogP contribution in [0.1, 0.15) is 48.1 Å². The van der Waals surface area contributed by atoms with E-state index in [4.69, 9.17) is 10.3 Å². The molecular formula is C16H19BrN2O. The topological polar surface area (TPSA) is 51.2 Å². The molecule has 1 aliphatic rings. The monoisotopic (exact) mass is 334 g/mol. The summed E-state index contributed by atoms with van der Waals surface area (Å²) >= 11 is 3.35. The van der Waals surface area contributed by atoms with Crippen molar-refractivity contribution in [2.75, 3.05) is 0 Å². The lowest BCUT2D eigenvalue weighted by atomic mass is 9.79. The second-order valence-corrected chi connectivity index (χ2v) is 6.17. The summed E-state index contributed by atoms with van der Waals surface area (Å²) in [7, 11) is 0. The Bertz CT molecular complexity index is 581.